The van der Waals surface area contributed by atoms with Crippen LogP contribution in [0.15, 0.2) is 30.5 Å². The number of amides is 1. The Morgan fingerprint density at radius 3 is 3.08 bits per heavy atom. The normalized spacial score (nSPS) is 22.4. The van der Waals surface area contributed by atoms with Crippen molar-refractivity contribution in [2.24, 2.45) is 0 Å². The molecule has 2 heterocycles. The fraction of sp³-hybridized carbons (Fsp3) is 0.474. The first-order valence-electron chi connectivity index (χ1n) is 8.99. The van der Waals surface area contributed by atoms with E-state index >= 15 is 0 Å². The highest BCUT2D eigenvalue weighted by Gasteiger charge is 2.27. The molecule has 4 rings (SSSR count). The van der Waals surface area contributed by atoms with E-state index in [4.69, 9.17) is 4.74 Å². The molecule has 2 N–H and O–H groups in total. The smallest absolute Gasteiger partial charge is 0.272 e. The second-order valence-corrected chi connectivity index (χ2v) is 6.77. The zero-order chi connectivity index (χ0) is 17.2. The number of hydrogen-bond acceptors (Lipinski definition) is 4. The first-order valence-corrected chi connectivity index (χ1v) is 8.99. The van der Waals surface area contributed by atoms with Gasteiger partial charge in [0.15, 0.2) is 0 Å². The van der Waals surface area contributed by atoms with Crippen LogP contribution in [0.5, 0.6) is 5.75 Å². The summed E-state index contributed by atoms with van der Waals surface area (Å²) in [7, 11) is 1.69. The maximum absolute atomic E-state index is 12.6. The van der Waals surface area contributed by atoms with Crippen LogP contribution in [-0.4, -0.2) is 35.9 Å². The van der Waals surface area contributed by atoms with Gasteiger partial charge in [-0.1, -0.05) is 12.1 Å². The number of carbonyl (C=O) groups is 1. The van der Waals surface area contributed by atoms with Crippen molar-refractivity contribution in [3.05, 3.63) is 47.3 Å². The molecule has 0 radical (unpaired) electrons. The molecule has 1 aromatic carbocycles. The van der Waals surface area contributed by atoms with E-state index in [1.165, 1.54) is 5.56 Å². The van der Waals surface area contributed by atoms with Gasteiger partial charge in [0.25, 0.3) is 5.91 Å². The van der Waals surface area contributed by atoms with Crippen molar-refractivity contribution in [3.63, 3.8) is 0 Å². The number of carbonyl (C=O) groups excluding carboxylic acids is 1. The lowest BCUT2D eigenvalue weighted by molar-refractivity contribution is 0.0930. The topological polar surface area (TPSA) is 68.2 Å². The molecule has 0 saturated carbocycles. The van der Waals surface area contributed by atoms with Gasteiger partial charge in [0, 0.05) is 12.7 Å². The number of hydrogen-bond donors (Lipinski definition) is 2. The van der Waals surface area contributed by atoms with Gasteiger partial charge in [-0.15, -0.1) is 0 Å². The number of nitrogens with zero attached hydrogens (tertiary/aromatic N) is 2. The van der Waals surface area contributed by atoms with Crippen LogP contribution in [0, 0.1) is 0 Å². The molecular formula is C19H24N4O2. The van der Waals surface area contributed by atoms with Crippen molar-refractivity contribution in [1.82, 2.24) is 20.4 Å². The maximum Gasteiger partial charge on any atom is 0.272 e. The van der Waals surface area contributed by atoms with Crippen molar-refractivity contribution in [3.8, 4) is 5.75 Å². The number of methoxy groups -OCH3 is 1. The second kappa shape index (κ2) is 6.88. The summed E-state index contributed by atoms with van der Waals surface area (Å²) in [6.07, 6.45) is 5.98. The molecule has 1 aliphatic heterocycles. The summed E-state index contributed by atoms with van der Waals surface area (Å²) in [6, 6.07) is 8.20. The fourth-order valence-corrected chi connectivity index (χ4v) is 3.92. The van der Waals surface area contributed by atoms with E-state index in [2.05, 4.69) is 21.8 Å². The molecule has 6 heteroatoms. The molecule has 1 saturated heterocycles. The predicted octanol–water partition coefficient (Wildman–Crippen LogP) is 2.23. The van der Waals surface area contributed by atoms with Crippen molar-refractivity contribution in [2.45, 2.75) is 37.8 Å². The van der Waals surface area contributed by atoms with E-state index in [1.54, 1.807) is 7.11 Å². The summed E-state index contributed by atoms with van der Waals surface area (Å²) in [6.45, 7) is 1.98. The van der Waals surface area contributed by atoms with Crippen LogP contribution in [0.25, 0.3) is 0 Å². The molecule has 0 bridgehead atoms. The zero-order valence-electron chi connectivity index (χ0n) is 14.5. The molecule has 2 aliphatic rings. The molecule has 0 spiro atoms. The zero-order valence-corrected chi connectivity index (χ0v) is 14.5. The van der Waals surface area contributed by atoms with Gasteiger partial charge in [0.2, 0.25) is 0 Å². The highest BCUT2D eigenvalue weighted by atomic mass is 16.5. The fourth-order valence-electron chi connectivity index (χ4n) is 3.92. The standard InChI is InChI=1S/C19H24N4O2/c1-25-18-6-2-5-14-15(18)7-8-16(14)21-19(24)17-9-11-23(22-17)13-4-3-10-20-12-13/h2,5-6,9,11,13,16,20H,3-4,7-8,10,12H2,1H3,(H,21,24). The van der Waals surface area contributed by atoms with Crippen LogP contribution in [0.3, 0.4) is 0 Å². The number of ether oxygens (including phenoxy) is 1. The second-order valence-electron chi connectivity index (χ2n) is 6.77. The Balaban J connectivity index is 1.46. The van der Waals surface area contributed by atoms with Crippen molar-refractivity contribution in [1.29, 1.82) is 0 Å². The molecular weight excluding hydrogens is 316 g/mol. The summed E-state index contributed by atoms with van der Waals surface area (Å²) < 4.78 is 7.35. The first-order chi connectivity index (χ1) is 12.3. The van der Waals surface area contributed by atoms with Gasteiger partial charge in [-0.2, -0.15) is 5.10 Å². The molecule has 2 unspecified atom stereocenters. The van der Waals surface area contributed by atoms with Gasteiger partial charge >= 0.3 is 0 Å². The summed E-state index contributed by atoms with van der Waals surface area (Å²) in [5.41, 5.74) is 2.85. The van der Waals surface area contributed by atoms with Crippen LogP contribution in [0.4, 0.5) is 0 Å². The lowest BCUT2D eigenvalue weighted by atomic mass is 10.1. The number of fused-ring (bicyclic) bond motifs is 1. The van der Waals surface area contributed by atoms with Crippen molar-refractivity contribution >= 4 is 5.91 Å². The van der Waals surface area contributed by atoms with E-state index in [-0.39, 0.29) is 11.9 Å². The van der Waals surface area contributed by atoms with E-state index in [0.717, 1.165) is 50.1 Å². The van der Waals surface area contributed by atoms with E-state index in [0.29, 0.717) is 11.7 Å². The summed E-state index contributed by atoms with van der Waals surface area (Å²) in [5, 5.41) is 11.0. The van der Waals surface area contributed by atoms with Crippen LogP contribution < -0.4 is 15.4 Å². The third-order valence-electron chi connectivity index (χ3n) is 5.24. The lowest BCUT2D eigenvalue weighted by Crippen LogP contribution is -2.32. The Bertz CT molecular complexity index is 765. The minimum Gasteiger partial charge on any atom is -0.496 e. The Labute approximate surface area is 147 Å². The largest absolute Gasteiger partial charge is 0.496 e. The third kappa shape index (κ3) is 3.14. The van der Waals surface area contributed by atoms with Crippen molar-refractivity contribution < 1.29 is 9.53 Å². The van der Waals surface area contributed by atoms with E-state index in [9.17, 15) is 4.79 Å². The molecule has 1 aliphatic carbocycles. The summed E-state index contributed by atoms with van der Waals surface area (Å²) in [5.74, 6) is 0.798. The van der Waals surface area contributed by atoms with E-state index in [1.807, 2.05) is 29.1 Å². The lowest BCUT2D eigenvalue weighted by Gasteiger charge is -2.22. The molecule has 132 valence electrons. The van der Waals surface area contributed by atoms with Crippen LogP contribution in [0.1, 0.15) is 53.0 Å². The minimum atomic E-state index is -0.108. The molecule has 1 amide bonds. The number of aromatic nitrogens is 2. The molecule has 1 fully saturated rings. The summed E-state index contributed by atoms with van der Waals surface area (Å²) >= 11 is 0. The van der Waals surface area contributed by atoms with Crippen LogP contribution in [0.2, 0.25) is 0 Å². The Kier molecular flexibility index (Phi) is 4.44. The van der Waals surface area contributed by atoms with Gasteiger partial charge < -0.3 is 15.4 Å². The molecule has 25 heavy (non-hydrogen) atoms. The predicted molar refractivity (Wildman–Crippen MR) is 94.9 cm³/mol. The first kappa shape index (κ1) is 16.1. The SMILES string of the molecule is COc1cccc2c1CCC2NC(=O)c1ccn(C2CCCNC2)n1. The number of piperidine rings is 1. The number of rotatable bonds is 4. The summed E-state index contributed by atoms with van der Waals surface area (Å²) in [4.78, 5) is 12.6. The molecule has 6 nitrogen and oxygen atoms in total. The van der Waals surface area contributed by atoms with Crippen molar-refractivity contribution in [2.75, 3.05) is 20.2 Å². The molecule has 2 atom stereocenters. The van der Waals surface area contributed by atoms with Gasteiger partial charge in [0.05, 0.1) is 19.2 Å². The average molecular weight is 340 g/mol. The molecule has 1 aromatic heterocycles. The van der Waals surface area contributed by atoms with Crippen LogP contribution in [-0.2, 0) is 6.42 Å². The average Bonchev–Trinajstić information content (AvgIpc) is 3.30. The molecule has 2 aromatic rings. The number of nitrogens with one attached hydrogen (secondary N) is 2. The van der Waals surface area contributed by atoms with E-state index < -0.39 is 0 Å². The highest BCUT2D eigenvalue weighted by molar-refractivity contribution is 5.92. The van der Waals surface area contributed by atoms with Gasteiger partial charge in [-0.3, -0.25) is 9.48 Å². The monoisotopic (exact) mass is 340 g/mol. The minimum absolute atomic E-state index is 0.0269. The van der Waals surface area contributed by atoms with Crippen LogP contribution >= 0.6 is 0 Å². The Hall–Kier alpha value is -2.34. The highest BCUT2D eigenvalue weighted by Crippen LogP contribution is 2.36. The third-order valence-corrected chi connectivity index (χ3v) is 5.24. The Morgan fingerprint density at radius 1 is 1.36 bits per heavy atom. The Morgan fingerprint density at radius 2 is 2.28 bits per heavy atom. The van der Waals surface area contributed by atoms with Gasteiger partial charge in [0.1, 0.15) is 11.4 Å². The quantitative estimate of drug-likeness (QED) is 0.896. The number of benzene rings is 1. The van der Waals surface area contributed by atoms with Gasteiger partial charge in [-0.25, -0.2) is 0 Å². The maximum atomic E-state index is 12.6. The van der Waals surface area contributed by atoms with Gasteiger partial charge in [-0.05, 0) is 55.5 Å².